The topological polar surface area (TPSA) is 96.5 Å². The van der Waals surface area contributed by atoms with E-state index in [1.54, 1.807) is 10.3 Å². The Bertz CT molecular complexity index is 500. The van der Waals surface area contributed by atoms with Crippen molar-refractivity contribution in [2.24, 2.45) is 17.6 Å². The summed E-state index contributed by atoms with van der Waals surface area (Å²) in [5, 5.41) is 11.5. The number of aliphatic carboxylic acids is 1. The van der Waals surface area contributed by atoms with E-state index in [1.807, 2.05) is 13.8 Å². The first kappa shape index (κ1) is 14.0. The molecule has 0 aromatic carbocycles. The van der Waals surface area contributed by atoms with E-state index in [-0.39, 0.29) is 24.4 Å². The van der Waals surface area contributed by atoms with Gasteiger partial charge in [-0.25, -0.2) is 4.98 Å². The Hall–Kier alpha value is -1.47. The van der Waals surface area contributed by atoms with E-state index in [1.165, 1.54) is 11.3 Å². The zero-order valence-electron chi connectivity index (χ0n) is 10.9. The number of nitrogens with zero attached hydrogens (tertiary/aromatic N) is 2. The lowest BCUT2D eigenvalue weighted by molar-refractivity contribution is -0.142. The van der Waals surface area contributed by atoms with Crippen molar-refractivity contribution in [1.29, 1.82) is 0 Å². The van der Waals surface area contributed by atoms with Crippen molar-refractivity contribution in [3.05, 3.63) is 16.1 Å². The molecule has 1 aliphatic heterocycles. The largest absolute Gasteiger partial charge is 0.481 e. The number of carbonyl (C=O) groups excluding carboxylic acids is 1. The number of hydrogen-bond acceptors (Lipinski definition) is 5. The number of carboxylic acid groups (broad SMARTS) is 1. The van der Waals surface area contributed by atoms with Crippen LogP contribution in [0.5, 0.6) is 0 Å². The summed E-state index contributed by atoms with van der Waals surface area (Å²) < 4.78 is 0. The first-order valence-corrected chi connectivity index (χ1v) is 7.01. The molecular formula is C12H17N3O3S. The second-order valence-corrected chi connectivity index (χ2v) is 5.88. The standard InChI is InChI=1S/C12H17N3O3S/c1-6-3-15(4-8(6)12(17)18)11(16)9-5-19-10(14-9)7(2)13/h5-8H,3-4,13H2,1-2H3,(H,17,18). The molecule has 0 bridgehead atoms. The van der Waals surface area contributed by atoms with E-state index >= 15 is 0 Å². The number of aromatic nitrogens is 1. The van der Waals surface area contributed by atoms with Crippen LogP contribution < -0.4 is 5.73 Å². The van der Waals surface area contributed by atoms with Crippen molar-refractivity contribution in [3.8, 4) is 0 Å². The van der Waals surface area contributed by atoms with Crippen molar-refractivity contribution >= 4 is 23.2 Å². The minimum atomic E-state index is -0.850. The summed E-state index contributed by atoms with van der Waals surface area (Å²) in [7, 11) is 0. The van der Waals surface area contributed by atoms with Crippen LogP contribution in [0.25, 0.3) is 0 Å². The van der Waals surface area contributed by atoms with Gasteiger partial charge >= 0.3 is 5.97 Å². The van der Waals surface area contributed by atoms with Crippen LogP contribution in [-0.4, -0.2) is 40.0 Å². The molecule has 3 unspecified atom stereocenters. The molecule has 1 fully saturated rings. The molecule has 1 aromatic heterocycles. The fourth-order valence-corrected chi connectivity index (χ4v) is 2.96. The number of hydrogen-bond donors (Lipinski definition) is 2. The molecule has 1 amide bonds. The molecule has 0 saturated carbocycles. The van der Waals surface area contributed by atoms with Gasteiger partial charge in [-0.3, -0.25) is 9.59 Å². The Morgan fingerprint density at radius 1 is 1.58 bits per heavy atom. The number of carboxylic acids is 1. The van der Waals surface area contributed by atoms with Gasteiger partial charge in [0.05, 0.1) is 12.0 Å². The maximum Gasteiger partial charge on any atom is 0.308 e. The van der Waals surface area contributed by atoms with Gasteiger partial charge < -0.3 is 15.7 Å². The third-order valence-corrected chi connectivity index (χ3v) is 4.39. The molecule has 3 atom stereocenters. The number of nitrogens with two attached hydrogens (primary N) is 1. The lowest BCUT2D eigenvalue weighted by Gasteiger charge is -2.14. The average molecular weight is 283 g/mol. The van der Waals surface area contributed by atoms with Gasteiger partial charge in [-0.2, -0.15) is 0 Å². The van der Waals surface area contributed by atoms with Gasteiger partial charge in [0.15, 0.2) is 0 Å². The highest BCUT2D eigenvalue weighted by Crippen LogP contribution is 2.25. The number of likely N-dealkylation sites (tertiary alicyclic amines) is 1. The highest BCUT2D eigenvalue weighted by molar-refractivity contribution is 7.09. The third-order valence-electron chi connectivity index (χ3n) is 3.35. The second-order valence-electron chi connectivity index (χ2n) is 4.99. The average Bonchev–Trinajstić information content (AvgIpc) is 2.94. The van der Waals surface area contributed by atoms with E-state index in [0.717, 1.165) is 0 Å². The van der Waals surface area contributed by atoms with Crippen molar-refractivity contribution in [3.63, 3.8) is 0 Å². The van der Waals surface area contributed by atoms with Crippen LogP contribution in [0.2, 0.25) is 0 Å². The van der Waals surface area contributed by atoms with Gasteiger partial charge in [0.1, 0.15) is 10.7 Å². The molecule has 1 aromatic rings. The summed E-state index contributed by atoms with van der Waals surface area (Å²) in [5.41, 5.74) is 6.07. The van der Waals surface area contributed by atoms with Crippen LogP contribution in [0.1, 0.15) is 35.4 Å². The van der Waals surface area contributed by atoms with Crippen LogP contribution in [0, 0.1) is 11.8 Å². The highest BCUT2D eigenvalue weighted by Gasteiger charge is 2.37. The Kier molecular flexibility index (Phi) is 3.86. The molecule has 0 spiro atoms. The smallest absolute Gasteiger partial charge is 0.308 e. The molecule has 2 rings (SSSR count). The van der Waals surface area contributed by atoms with Gasteiger partial charge in [-0.1, -0.05) is 6.92 Å². The Balaban J connectivity index is 2.10. The van der Waals surface area contributed by atoms with Crippen molar-refractivity contribution in [2.75, 3.05) is 13.1 Å². The lowest BCUT2D eigenvalue weighted by Crippen LogP contribution is -2.30. The van der Waals surface area contributed by atoms with Gasteiger partial charge in [-0.15, -0.1) is 11.3 Å². The Morgan fingerprint density at radius 2 is 2.26 bits per heavy atom. The fraction of sp³-hybridized carbons (Fsp3) is 0.583. The summed E-state index contributed by atoms with van der Waals surface area (Å²) in [4.78, 5) is 29.0. The molecule has 104 valence electrons. The second kappa shape index (κ2) is 5.26. The molecule has 3 N–H and O–H groups in total. The van der Waals surface area contributed by atoms with E-state index in [0.29, 0.717) is 17.2 Å². The van der Waals surface area contributed by atoms with E-state index in [4.69, 9.17) is 10.8 Å². The predicted octanol–water partition coefficient (Wildman–Crippen LogP) is 0.955. The van der Waals surface area contributed by atoms with Crippen LogP contribution in [0.4, 0.5) is 0 Å². The first-order valence-electron chi connectivity index (χ1n) is 6.13. The van der Waals surface area contributed by atoms with Crippen molar-refractivity contribution in [2.45, 2.75) is 19.9 Å². The molecule has 0 radical (unpaired) electrons. The van der Waals surface area contributed by atoms with Crippen molar-refractivity contribution < 1.29 is 14.7 Å². The molecule has 1 saturated heterocycles. The summed E-state index contributed by atoms with van der Waals surface area (Å²) in [5.74, 6) is -1.58. The highest BCUT2D eigenvalue weighted by atomic mass is 32.1. The molecule has 7 heteroatoms. The maximum atomic E-state index is 12.2. The number of thiazole rings is 1. The lowest BCUT2D eigenvalue weighted by atomic mass is 9.99. The predicted molar refractivity (Wildman–Crippen MR) is 70.9 cm³/mol. The van der Waals surface area contributed by atoms with E-state index < -0.39 is 11.9 Å². The minimum absolute atomic E-state index is 0.0343. The fourth-order valence-electron chi connectivity index (χ4n) is 2.21. The maximum absolute atomic E-state index is 12.2. The van der Waals surface area contributed by atoms with Crippen LogP contribution in [0.3, 0.4) is 0 Å². The molecular weight excluding hydrogens is 266 g/mol. The zero-order chi connectivity index (χ0) is 14.2. The summed E-state index contributed by atoms with van der Waals surface area (Å²) >= 11 is 1.35. The monoisotopic (exact) mass is 283 g/mol. The summed E-state index contributed by atoms with van der Waals surface area (Å²) in [6, 6.07) is -0.198. The molecule has 2 heterocycles. The Labute approximate surface area is 115 Å². The SMILES string of the molecule is CC(N)c1nc(C(=O)N2CC(C)C(C(=O)O)C2)cs1. The van der Waals surface area contributed by atoms with Crippen LogP contribution >= 0.6 is 11.3 Å². The van der Waals surface area contributed by atoms with E-state index in [2.05, 4.69) is 4.98 Å². The first-order chi connectivity index (χ1) is 8.90. The van der Waals surface area contributed by atoms with Crippen LogP contribution in [0.15, 0.2) is 5.38 Å². The van der Waals surface area contributed by atoms with Crippen molar-refractivity contribution in [1.82, 2.24) is 9.88 Å². The third kappa shape index (κ3) is 2.76. The van der Waals surface area contributed by atoms with Gasteiger partial charge in [-0.05, 0) is 12.8 Å². The van der Waals surface area contributed by atoms with Crippen LogP contribution in [-0.2, 0) is 4.79 Å². The normalized spacial score (nSPS) is 24.5. The molecule has 6 nitrogen and oxygen atoms in total. The van der Waals surface area contributed by atoms with Gasteiger partial charge in [0, 0.05) is 18.5 Å². The Morgan fingerprint density at radius 3 is 2.74 bits per heavy atom. The number of amides is 1. The number of rotatable bonds is 3. The summed E-state index contributed by atoms with van der Waals surface area (Å²) in [6.07, 6.45) is 0. The molecule has 0 aliphatic carbocycles. The molecule has 1 aliphatic rings. The summed E-state index contributed by atoms with van der Waals surface area (Å²) in [6.45, 7) is 4.37. The minimum Gasteiger partial charge on any atom is -0.481 e. The van der Waals surface area contributed by atoms with E-state index in [9.17, 15) is 9.59 Å². The molecule has 19 heavy (non-hydrogen) atoms. The quantitative estimate of drug-likeness (QED) is 0.861. The zero-order valence-corrected chi connectivity index (χ0v) is 11.7. The van der Waals surface area contributed by atoms with Gasteiger partial charge in [0.2, 0.25) is 0 Å². The van der Waals surface area contributed by atoms with Gasteiger partial charge in [0.25, 0.3) is 5.91 Å². The number of carbonyl (C=O) groups is 2.